The monoisotopic (exact) mass is 373 g/mol. The number of carbonyl (C=O) groups excluding carboxylic acids is 1. The summed E-state index contributed by atoms with van der Waals surface area (Å²) < 4.78 is 14.7. The molecule has 146 valence electrons. The second kappa shape index (κ2) is 9.08. The summed E-state index contributed by atoms with van der Waals surface area (Å²) in [5.74, 6) is -0.314. The van der Waals surface area contributed by atoms with Crippen molar-refractivity contribution < 1.29 is 9.18 Å². The number of benzene rings is 1. The molecule has 0 saturated heterocycles. The van der Waals surface area contributed by atoms with Crippen molar-refractivity contribution in [3.63, 3.8) is 0 Å². The summed E-state index contributed by atoms with van der Waals surface area (Å²) in [5, 5.41) is 8.20. The molecule has 7 heteroatoms. The number of carbonyl (C=O) groups is 1. The first kappa shape index (κ1) is 19.5. The number of hydrogen-bond acceptors (Lipinski definition) is 4. The Bertz CT molecular complexity index is 737. The fourth-order valence-corrected chi connectivity index (χ4v) is 3.55. The summed E-state index contributed by atoms with van der Waals surface area (Å²) in [6.45, 7) is 1.98. The highest BCUT2D eigenvalue weighted by Gasteiger charge is 2.27. The lowest BCUT2D eigenvalue weighted by Crippen LogP contribution is -2.44. The first-order valence-corrected chi connectivity index (χ1v) is 9.63. The van der Waals surface area contributed by atoms with Crippen LogP contribution in [0, 0.1) is 5.82 Å². The fraction of sp³-hybridized carbons (Fsp3) is 0.550. The first-order valence-electron chi connectivity index (χ1n) is 9.63. The third kappa shape index (κ3) is 5.35. The highest BCUT2D eigenvalue weighted by Crippen LogP contribution is 2.23. The molecule has 1 heterocycles. The Morgan fingerprint density at radius 2 is 1.85 bits per heavy atom. The maximum atomic E-state index is 13.1. The Morgan fingerprint density at radius 3 is 2.52 bits per heavy atom. The fourth-order valence-electron chi connectivity index (χ4n) is 3.55. The van der Waals surface area contributed by atoms with E-state index in [1.807, 2.05) is 19.0 Å². The molecule has 6 nitrogen and oxygen atoms in total. The van der Waals surface area contributed by atoms with Gasteiger partial charge in [0.25, 0.3) is 5.91 Å². The minimum Gasteiger partial charge on any atom is -0.333 e. The Morgan fingerprint density at radius 1 is 1.15 bits per heavy atom. The van der Waals surface area contributed by atoms with Gasteiger partial charge in [0.05, 0.1) is 12.7 Å². The van der Waals surface area contributed by atoms with Gasteiger partial charge in [-0.3, -0.25) is 4.79 Å². The molecule has 0 atom stereocenters. The number of hydrogen-bond donors (Lipinski definition) is 0. The lowest BCUT2D eigenvalue weighted by molar-refractivity contribution is 0.0612. The van der Waals surface area contributed by atoms with Gasteiger partial charge in [0.15, 0.2) is 5.69 Å². The predicted molar refractivity (Wildman–Crippen MR) is 102 cm³/mol. The SMILES string of the molecule is CN(C)CCN(C(=O)c1cn(Cc2ccc(F)cc2)nn1)C1CCCCC1. The van der Waals surface area contributed by atoms with Crippen LogP contribution >= 0.6 is 0 Å². The lowest BCUT2D eigenvalue weighted by Gasteiger charge is -2.34. The van der Waals surface area contributed by atoms with E-state index in [1.165, 1.54) is 31.4 Å². The van der Waals surface area contributed by atoms with Gasteiger partial charge < -0.3 is 9.80 Å². The molecule has 0 aliphatic heterocycles. The number of aromatic nitrogens is 3. The van der Waals surface area contributed by atoms with Crippen LogP contribution in [0.25, 0.3) is 0 Å². The summed E-state index contributed by atoms with van der Waals surface area (Å²) in [6, 6.07) is 6.55. The topological polar surface area (TPSA) is 54.3 Å². The summed E-state index contributed by atoms with van der Waals surface area (Å²) in [7, 11) is 4.03. The highest BCUT2D eigenvalue weighted by molar-refractivity contribution is 5.92. The largest absolute Gasteiger partial charge is 0.333 e. The van der Waals surface area contributed by atoms with Crippen LogP contribution in [-0.4, -0.2) is 63.9 Å². The normalized spacial score (nSPS) is 15.3. The molecule has 27 heavy (non-hydrogen) atoms. The minimum atomic E-state index is -0.266. The molecular formula is C20H28FN5O. The van der Waals surface area contributed by atoms with Gasteiger partial charge in [-0.15, -0.1) is 5.10 Å². The highest BCUT2D eigenvalue weighted by atomic mass is 19.1. The van der Waals surface area contributed by atoms with E-state index in [-0.39, 0.29) is 17.8 Å². The van der Waals surface area contributed by atoms with Crippen molar-refractivity contribution >= 4 is 5.91 Å². The van der Waals surface area contributed by atoms with Gasteiger partial charge in [0, 0.05) is 19.1 Å². The molecule has 1 aliphatic carbocycles. The van der Waals surface area contributed by atoms with Crippen LogP contribution in [-0.2, 0) is 6.54 Å². The van der Waals surface area contributed by atoms with Crippen molar-refractivity contribution in [2.24, 2.45) is 0 Å². The molecule has 1 saturated carbocycles. The van der Waals surface area contributed by atoms with E-state index in [0.29, 0.717) is 18.8 Å². The molecule has 3 rings (SSSR count). The quantitative estimate of drug-likeness (QED) is 0.749. The van der Waals surface area contributed by atoms with Gasteiger partial charge in [-0.25, -0.2) is 9.07 Å². The number of likely N-dealkylation sites (N-methyl/N-ethyl adjacent to an activating group) is 1. The lowest BCUT2D eigenvalue weighted by atomic mass is 9.94. The second-order valence-electron chi connectivity index (χ2n) is 7.52. The molecule has 1 fully saturated rings. The molecular weight excluding hydrogens is 345 g/mol. The number of rotatable bonds is 7. The Kier molecular flexibility index (Phi) is 6.55. The van der Waals surface area contributed by atoms with E-state index >= 15 is 0 Å². The zero-order chi connectivity index (χ0) is 19.2. The molecule has 1 amide bonds. The predicted octanol–water partition coefficient (Wildman–Crippen LogP) is 2.80. The summed E-state index contributed by atoms with van der Waals surface area (Å²) in [5.41, 5.74) is 1.29. The van der Waals surface area contributed by atoms with Crippen LogP contribution in [0.4, 0.5) is 4.39 Å². The number of halogens is 1. The van der Waals surface area contributed by atoms with Crippen LogP contribution in [0.5, 0.6) is 0 Å². The molecule has 1 aromatic heterocycles. The maximum absolute atomic E-state index is 13.1. The van der Waals surface area contributed by atoms with Crippen molar-refractivity contribution in [1.29, 1.82) is 0 Å². The molecule has 0 unspecified atom stereocenters. The Balaban J connectivity index is 1.70. The third-order valence-electron chi connectivity index (χ3n) is 5.08. The van der Waals surface area contributed by atoms with Gasteiger partial charge in [-0.2, -0.15) is 0 Å². The van der Waals surface area contributed by atoms with E-state index in [2.05, 4.69) is 15.2 Å². The van der Waals surface area contributed by atoms with E-state index < -0.39 is 0 Å². The number of nitrogens with zero attached hydrogens (tertiary/aromatic N) is 5. The van der Waals surface area contributed by atoms with E-state index in [4.69, 9.17) is 0 Å². The van der Waals surface area contributed by atoms with Gasteiger partial charge in [0.2, 0.25) is 0 Å². The van der Waals surface area contributed by atoms with Crippen LogP contribution in [0.1, 0.15) is 48.2 Å². The van der Waals surface area contributed by atoms with Crippen LogP contribution in [0.2, 0.25) is 0 Å². The van der Waals surface area contributed by atoms with Crippen LogP contribution in [0.15, 0.2) is 30.5 Å². The summed E-state index contributed by atoms with van der Waals surface area (Å²) in [6.07, 6.45) is 7.41. The summed E-state index contributed by atoms with van der Waals surface area (Å²) in [4.78, 5) is 17.2. The Labute approximate surface area is 160 Å². The van der Waals surface area contributed by atoms with Gasteiger partial charge in [-0.1, -0.05) is 36.6 Å². The van der Waals surface area contributed by atoms with Crippen molar-refractivity contribution in [2.45, 2.75) is 44.7 Å². The zero-order valence-corrected chi connectivity index (χ0v) is 16.1. The van der Waals surface area contributed by atoms with Crippen molar-refractivity contribution in [1.82, 2.24) is 24.8 Å². The standard InChI is InChI=1S/C20H28FN5O/c1-24(2)12-13-26(18-6-4-3-5-7-18)20(27)19-15-25(23-22-19)14-16-8-10-17(21)11-9-16/h8-11,15,18H,3-7,12-14H2,1-2H3. The first-order chi connectivity index (χ1) is 13.0. The summed E-state index contributed by atoms with van der Waals surface area (Å²) >= 11 is 0. The molecule has 0 N–H and O–H groups in total. The van der Waals surface area contributed by atoms with Gasteiger partial charge in [0.1, 0.15) is 5.82 Å². The van der Waals surface area contributed by atoms with E-state index in [1.54, 1.807) is 23.0 Å². The molecule has 1 aliphatic rings. The van der Waals surface area contributed by atoms with Crippen LogP contribution in [0.3, 0.4) is 0 Å². The molecule has 2 aromatic rings. The molecule has 0 bridgehead atoms. The zero-order valence-electron chi connectivity index (χ0n) is 16.1. The van der Waals surface area contributed by atoms with Crippen LogP contribution < -0.4 is 0 Å². The average molecular weight is 373 g/mol. The van der Waals surface area contributed by atoms with Crippen molar-refractivity contribution in [3.8, 4) is 0 Å². The Hall–Kier alpha value is -2.28. The number of amides is 1. The van der Waals surface area contributed by atoms with E-state index in [0.717, 1.165) is 24.9 Å². The second-order valence-corrected chi connectivity index (χ2v) is 7.52. The molecule has 0 spiro atoms. The minimum absolute atomic E-state index is 0.0471. The van der Waals surface area contributed by atoms with Crippen molar-refractivity contribution in [2.75, 3.05) is 27.2 Å². The van der Waals surface area contributed by atoms with Crippen molar-refractivity contribution in [3.05, 3.63) is 47.5 Å². The third-order valence-corrected chi connectivity index (χ3v) is 5.08. The van der Waals surface area contributed by atoms with Gasteiger partial charge >= 0.3 is 0 Å². The molecule has 1 aromatic carbocycles. The molecule has 0 radical (unpaired) electrons. The average Bonchev–Trinajstić information content (AvgIpc) is 3.13. The van der Waals surface area contributed by atoms with E-state index in [9.17, 15) is 9.18 Å². The smallest absolute Gasteiger partial charge is 0.276 e. The maximum Gasteiger partial charge on any atom is 0.276 e. The van der Waals surface area contributed by atoms with Gasteiger partial charge in [-0.05, 0) is 44.6 Å².